The minimum atomic E-state index is -0.253. The van der Waals surface area contributed by atoms with E-state index >= 15 is 0 Å². The second kappa shape index (κ2) is 10.8. The van der Waals surface area contributed by atoms with Gasteiger partial charge in [0.25, 0.3) is 11.8 Å². The average molecular weight is 577 g/mol. The number of fused-ring (bicyclic) bond motifs is 9. The molecule has 0 fully saturated rings. The molecule has 4 nitrogen and oxygen atoms in total. The fourth-order valence-corrected chi connectivity index (χ4v) is 7.65. The van der Waals surface area contributed by atoms with E-state index in [-0.39, 0.29) is 11.8 Å². The first-order valence-corrected chi connectivity index (χ1v) is 16.3. The summed E-state index contributed by atoms with van der Waals surface area (Å²) in [6, 6.07) is 30.8. The zero-order valence-corrected chi connectivity index (χ0v) is 25.2. The van der Waals surface area contributed by atoms with Gasteiger partial charge in [-0.3, -0.25) is 9.59 Å². The van der Waals surface area contributed by atoms with E-state index in [1.807, 2.05) is 42.5 Å². The van der Waals surface area contributed by atoms with E-state index in [9.17, 15) is 9.59 Å². The molecule has 1 aliphatic heterocycles. The first-order valence-electron chi connectivity index (χ1n) is 16.3. The lowest BCUT2D eigenvalue weighted by Gasteiger charge is -2.20. The van der Waals surface area contributed by atoms with Crippen molar-refractivity contribution in [2.45, 2.75) is 64.7 Å². The molecule has 0 N–H and O–H groups in total. The number of aromatic nitrogens is 1. The average Bonchev–Trinajstić information content (AvgIpc) is 3.55. The molecule has 8 rings (SSSR count). The number of unbranched alkanes of at least 4 members (excludes halogenated alkanes) is 7. The Balaban J connectivity index is 1.34. The van der Waals surface area contributed by atoms with Crippen LogP contribution in [0.5, 0.6) is 0 Å². The highest BCUT2D eigenvalue weighted by Gasteiger charge is 2.43. The molecule has 3 aromatic heterocycles. The molecule has 2 amide bonds. The summed E-state index contributed by atoms with van der Waals surface area (Å²) >= 11 is 0. The van der Waals surface area contributed by atoms with Gasteiger partial charge in [0.2, 0.25) is 0 Å². The molecule has 0 saturated carbocycles. The molecule has 4 aromatic carbocycles. The number of benzene rings is 4. The van der Waals surface area contributed by atoms with Crippen molar-refractivity contribution in [3.8, 4) is 0 Å². The fraction of sp³-hybridized carbons (Fsp3) is 0.250. The standard InChI is InChI=1S/C40H36N2O2/c1-2-3-4-5-6-7-8-10-17-26-24-32-28-20-13-15-22-30(28)37-34-35(40(44)41(39(34)43)27-18-11-9-12-19-27)38-31-23-16-14-21-29(31)33(25-26)36(32)42(37)38/h9,11-16,18-25H,2-8,10,17H2,1H3. The Morgan fingerprint density at radius 2 is 0.977 bits per heavy atom. The van der Waals surface area contributed by atoms with Crippen molar-refractivity contribution in [1.82, 2.24) is 4.40 Å². The van der Waals surface area contributed by atoms with Crippen LogP contribution in [-0.4, -0.2) is 16.2 Å². The van der Waals surface area contributed by atoms with E-state index in [1.165, 1.54) is 72.6 Å². The third-order valence-electron chi connectivity index (χ3n) is 9.68. The number of rotatable bonds is 10. The van der Waals surface area contributed by atoms with Crippen LogP contribution in [0.25, 0.3) is 48.9 Å². The van der Waals surface area contributed by atoms with E-state index in [2.05, 4.69) is 59.9 Å². The van der Waals surface area contributed by atoms with Crippen LogP contribution in [0.15, 0.2) is 91.0 Å². The molecule has 0 unspecified atom stereocenters. The lowest BCUT2D eigenvalue weighted by Crippen LogP contribution is -2.30. The summed E-state index contributed by atoms with van der Waals surface area (Å²) in [5.74, 6) is -0.506. The number of imide groups is 1. The zero-order chi connectivity index (χ0) is 29.8. The molecule has 7 aromatic rings. The summed E-state index contributed by atoms with van der Waals surface area (Å²) in [7, 11) is 0. The lowest BCUT2D eigenvalue weighted by atomic mass is 9.94. The van der Waals surface area contributed by atoms with Crippen LogP contribution in [-0.2, 0) is 6.42 Å². The Kier molecular flexibility index (Phi) is 6.59. The highest BCUT2D eigenvalue weighted by molar-refractivity contribution is 6.43. The number of aryl methyl sites for hydroxylation is 1. The molecular formula is C40H36N2O2. The Morgan fingerprint density at radius 1 is 0.500 bits per heavy atom. The number of carbonyl (C=O) groups is 2. The van der Waals surface area contributed by atoms with Crippen LogP contribution in [0.4, 0.5) is 5.69 Å². The van der Waals surface area contributed by atoms with Gasteiger partial charge in [-0.15, -0.1) is 0 Å². The Hall–Kier alpha value is -4.70. The van der Waals surface area contributed by atoms with Gasteiger partial charge in [-0.1, -0.05) is 119 Å². The van der Waals surface area contributed by atoms with Crippen molar-refractivity contribution in [2.24, 2.45) is 0 Å². The molecule has 0 bridgehead atoms. The number of carbonyl (C=O) groups excluding carboxylic acids is 2. The van der Waals surface area contributed by atoms with Crippen molar-refractivity contribution >= 4 is 66.4 Å². The monoisotopic (exact) mass is 576 g/mol. The van der Waals surface area contributed by atoms with Gasteiger partial charge < -0.3 is 4.40 Å². The van der Waals surface area contributed by atoms with Crippen LogP contribution in [0.1, 0.15) is 84.6 Å². The summed E-state index contributed by atoms with van der Waals surface area (Å²) in [6.07, 6.45) is 11.5. The smallest absolute Gasteiger partial charge is 0.268 e. The van der Waals surface area contributed by atoms with E-state index in [1.54, 1.807) is 0 Å². The van der Waals surface area contributed by atoms with Crippen LogP contribution in [0.3, 0.4) is 0 Å². The maximum atomic E-state index is 14.3. The second-order valence-electron chi connectivity index (χ2n) is 12.4. The number of hydrogen-bond acceptors (Lipinski definition) is 2. The highest BCUT2D eigenvalue weighted by atomic mass is 16.2. The topological polar surface area (TPSA) is 41.8 Å². The summed E-state index contributed by atoms with van der Waals surface area (Å²) in [5, 5.41) is 6.63. The first-order chi connectivity index (χ1) is 21.7. The molecule has 0 atom stereocenters. The van der Waals surface area contributed by atoms with Crippen LogP contribution < -0.4 is 4.90 Å². The number of nitrogens with zero attached hydrogens (tertiary/aromatic N) is 2. The number of amides is 2. The molecule has 0 radical (unpaired) electrons. The molecule has 4 heterocycles. The predicted octanol–water partition coefficient (Wildman–Crippen LogP) is 10.5. The van der Waals surface area contributed by atoms with Gasteiger partial charge in [0.05, 0.1) is 33.4 Å². The third-order valence-corrected chi connectivity index (χ3v) is 9.68. The van der Waals surface area contributed by atoms with Crippen molar-refractivity contribution in [3.63, 3.8) is 0 Å². The molecule has 0 saturated heterocycles. The number of pyridine rings is 2. The van der Waals surface area contributed by atoms with Crippen molar-refractivity contribution < 1.29 is 9.59 Å². The fourth-order valence-electron chi connectivity index (χ4n) is 7.65. The largest absolute Gasteiger partial charge is 0.306 e. The number of hydrogen-bond donors (Lipinski definition) is 0. The summed E-state index contributed by atoms with van der Waals surface area (Å²) in [4.78, 5) is 29.9. The molecule has 0 spiro atoms. The second-order valence-corrected chi connectivity index (χ2v) is 12.4. The third kappa shape index (κ3) is 3.97. The summed E-state index contributed by atoms with van der Waals surface area (Å²) < 4.78 is 2.23. The minimum Gasteiger partial charge on any atom is -0.306 e. The highest BCUT2D eigenvalue weighted by Crippen LogP contribution is 2.46. The quantitative estimate of drug-likeness (QED) is 0.0703. The molecular weight excluding hydrogens is 540 g/mol. The van der Waals surface area contributed by atoms with Gasteiger partial charge in [0.15, 0.2) is 0 Å². The van der Waals surface area contributed by atoms with Gasteiger partial charge in [-0.25, -0.2) is 4.90 Å². The van der Waals surface area contributed by atoms with Gasteiger partial charge in [0.1, 0.15) is 0 Å². The van der Waals surface area contributed by atoms with Gasteiger partial charge in [-0.05, 0) is 53.4 Å². The van der Waals surface area contributed by atoms with E-state index in [0.29, 0.717) is 16.8 Å². The number of para-hydroxylation sites is 1. The zero-order valence-electron chi connectivity index (χ0n) is 25.2. The van der Waals surface area contributed by atoms with Gasteiger partial charge in [0, 0.05) is 21.5 Å². The summed E-state index contributed by atoms with van der Waals surface area (Å²) in [5.41, 5.74) is 5.74. The van der Waals surface area contributed by atoms with E-state index in [4.69, 9.17) is 0 Å². The van der Waals surface area contributed by atoms with E-state index < -0.39 is 0 Å². The Bertz CT molecular complexity index is 2090. The van der Waals surface area contributed by atoms with Crippen molar-refractivity contribution in [1.29, 1.82) is 0 Å². The minimum absolute atomic E-state index is 0.253. The van der Waals surface area contributed by atoms with Crippen LogP contribution >= 0.6 is 0 Å². The molecule has 1 aliphatic rings. The SMILES string of the molecule is CCCCCCCCCCc1cc2c3ccccc3c3c4c(c5c6ccccc6c(c1)c2n35)C(=O)N(c1ccccc1)C4=O. The van der Waals surface area contributed by atoms with Crippen LogP contribution in [0.2, 0.25) is 0 Å². The summed E-state index contributed by atoms with van der Waals surface area (Å²) in [6.45, 7) is 2.27. The maximum absolute atomic E-state index is 14.3. The van der Waals surface area contributed by atoms with Crippen LogP contribution in [0, 0.1) is 0 Å². The maximum Gasteiger partial charge on any atom is 0.268 e. The number of anilines is 1. The van der Waals surface area contributed by atoms with Crippen molar-refractivity contribution in [3.05, 3.63) is 108 Å². The Labute approximate surface area is 257 Å². The first kappa shape index (κ1) is 26.9. The molecule has 4 heteroatoms. The Morgan fingerprint density at radius 3 is 1.52 bits per heavy atom. The van der Waals surface area contributed by atoms with Gasteiger partial charge in [-0.2, -0.15) is 0 Å². The molecule has 44 heavy (non-hydrogen) atoms. The normalized spacial score (nSPS) is 13.5. The predicted molar refractivity (Wildman–Crippen MR) is 183 cm³/mol. The van der Waals surface area contributed by atoms with Crippen molar-refractivity contribution in [2.75, 3.05) is 4.90 Å². The van der Waals surface area contributed by atoms with E-state index in [0.717, 1.165) is 44.5 Å². The lowest BCUT2D eigenvalue weighted by molar-refractivity contribution is 0.0926. The molecule has 0 aliphatic carbocycles. The molecule has 218 valence electrons. The van der Waals surface area contributed by atoms with Gasteiger partial charge >= 0.3 is 0 Å².